The molecule has 0 saturated heterocycles. The van der Waals surface area contributed by atoms with Crippen molar-refractivity contribution in [2.24, 2.45) is 5.73 Å². The molecule has 100 valence electrons. The SMILES string of the molecule is Cc1noc(C)c1C(=O)NCc1ccccc1CN. The topological polar surface area (TPSA) is 81.2 Å². The molecule has 2 rings (SSSR count). The lowest BCUT2D eigenvalue weighted by atomic mass is 10.1. The highest BCUT2D eigenvalue weighted by Crippen LogP contribution is 2.13. The van der Waals surface area contributed by atoms with Crippen molar-refractivity contribution < 1.29 is 9.32 Å². The number of nitrogens with zero attached hydrogens (tertiary/aromatic N) is 1. The number of carbonyl (C=O) groups excluding carboxylic acids is 1. The van der Waals surface area contributed by atoms with Gasteiger partial charge < -0.3 is 15.6 Å². The number of amides is 1. The van der Waals surface area contributed by atoms with Gasteiger partial charge in [0.05, 0.1) is 5.69 Å². The molecule has 0 aliphatic rings. The first-order valence-corrected chi connectivity index (χ1v) is 6.11. The van der Waals surface area contributed by atoms with Gasteiger partial charge in [0.1, 0.15) is 11.3 Å². The first-order chi connectivity index (χ1) is 9.13. The number of aryl methyl sites for hydroxylation is 2. The van der Waals surface area contributed by atoms with Crippen LogP contribution in [0.25, 0.3) is 0 Å². The summed E-state index contributed by atoms with van der Waals surface area (Å²) < 4.78 is 4.98. The van der Waals surface area contributed by atoms with Crippen LogP contribution in [0.3, 0.4) is 0 Å². The highest BCUT2D eigenvalue weighted by atomic mass is 16.5. The number of rotatable bonds is 4. The van der Waals surface area contributed by atoms with Gasteiger partial charge in [-0.25, -0.2) is 0 Å². The highest BCUT2D eigenvalue weighted by molar-refractivity contribution is 5.96. The second kappa shape index (κ2) is 5.67. The van der Waals surface area contributed by atoms with Crippen LogP contribution in [-0.2, 0) is 13.1 Å². The highest BCUT2D eigenvalue weighted by Gasteiger charge is 2.17. The summed E-state index contributed by atoms with van der Waals surface area (Å²) in [7, 11) is 0. The Kier molecular flexibility index (Phi) is 3.97. The summed E-state index contributed by atoms with van der Waals surface area (Å²) in [6, 6.07) is 7.77. The number of nitrogens with one attached hydrogen (secondary N) is 1. The van der Waals surface area contributed by atoms with Crippen LogP contribution in [0, 0.1) is 13.8 Å². The molecule has 2 aromatic rings. The van der Waals surface area contributed by atoms with Gasteiger partial charge in [-0.15, -0.1) is 0 Å². The molecule has 0 bridgehead atoms. The van der Waals surface area contributed by atoms with Crippen molar-refractivity contribution in [1.82, 2.24) is 10.5 Å². The van der Waals surface area contributed by atoms with Gasteiger partial charge in [-0.1, -0.05) is 29.4 Å². The standard InChI is InChI=1S/C14H17N3O2/c1-9-13(10(2)19-17-9)14(18)16-8-12-6-4-3-5-11(12)7-15/h3-6H,7-8,15H2,1-2H3,(H,16,18). The fraction of sp³-hybridized carbons (Fsp3) is 0.286. The first-order valence-electron chi connectivity index (χ1n) is 6.11. The van der Waals surface area contributed by atoms with Crippen LogP contribution in [0.5, 0.6) is 0 Å². The third-order valence-electron chi connectivity index (χ3n) is 3.04. The molecule has 0 fully saturated rings. The maximum Gasteiger partial charge on any atom is 0.257 e. The van der Waals surface area contributed by atoms with Crippen molar-refractivity contribution in [2.45, 2.75) is 26.9 Å². The maximum absolute atomic E-state index is 12.1. The third-order valence-corrected chi connectivity index (χ3v) is 3.04. The molecule has 0 radical (unpaired) electrons. The Hall–Kier alpha value is -2.14. The van der Waals surface area contributed by atoms with Crippen LogP contribution in [0.2, 0.25) is 0 Å². The Balaban J connectivity index is 2.09. The van der Waals surface area contributed by atoms with Gasteiger partial charge in [-0.3, -0.25) is 4.79 Å². The average Bonchev–Trinajstić information content (AvgIpc) is 2.76. The van der Waals surface area contributed by atoms with E-state index in [-0.39, 0.29) is 5.91 Å². The maximum atomic E-state index is 12.1. The van der Waals surface area contributed by atoms with E-state index in [1.807, 2.05) is 24.3 Å². The molecule has 0 atom stereocenters. The van der Waals surface area contributed by atoms with E-state index in [4.69, 9.17) is 10.3 Å². The van der Waals surface area contributed by atoms with Gasteiger partial charge in [-0.2, -0.15) is 0 Å². The lowest BCUT2D eigenvalue weighted by Crippen LogP contribution is -2.24. The number of benzene rings is 1. The van der Waals surface area contributed by atoms with E-state index in [9.17, 15) is 4.79 Å². The van der Waals surface area contributed by atoms with Crippen LogP contribution in [0.1, 0.15) is 32.9 Å². The Morgan fingerprint density at radius 3 is 2.58 bits per heavy atom. The summed E-state index contributed by atoms with van der Waals surface area (Å²) >= 11 is 0. The average molecular weight is 259 g/mol. The molecule has 1 amide bonds. The second-order valence-electron chi connectivity index (χ2n) is 4.35. The number of nitrogens with two attached hydrogens (primary N) is 1. The first kappa shape index (κ1) is 13.3. The molecule has 3 N–H and O–H groups in total. The van der Waals surface area contributed by atoms with Crippen molar-refractivity contribution >= 4 is 5.91 Å². The normalized spacial score (nSPS) is 10.5. The molecular weight excluding hydrogens is 242 g/mol. The van der Waals surface area contributed by atoms with E-state index in [0.717, 1.165) is 11.1 Å². The molecule has 0 unspecified atom stereocenters. The van der Waals surface area contributed by atoms with Gasteiger partial charge in [0.25, 0.3) is 5.91 Å². The van der Waals surface area contributed by atoms with E-state index in [2.05, 4.69) is 10.5 Å². The molecule has 5 nitrogen and oxygen atoms in total. The van der Waals surface area contributed by atoms with E-state index < -0.39 is 0 Å². The fourth-order valence-corrected chi connectivity index (χ4v) is 2.00. The second-order valence-corrected chi connectivity index (χ2v) is 4.35. The number of aromatic nitrogens is 1. The van der Waals surface area contributed by atoms with E-state index >= 15 is 0 Å². The Bertz CT molecular complexity index is 571. The van der Waals surface area contributed by atoms with E-state index in [1.54, 1.807) is 13.8 Å². The van der Waals surface area contributed by atoms with Crippen LogP contribution in [0.15, 0.2) is 28.8 Å². The summed E-state index contributed by atoms with van der Waals surface area (Å²) in [5, 5.41) is 6.63. The quantitative estimate of drug-likeness (QED) is 0.875. The summed E-state index contributed by atoms with van der Waals surface area (Å²) in [5.74, 6) is 0.352. The van der Waals surface area contributed by atoms with Crippen LogP contribution in [-0.4, -0.2) is 11.1 Å². The monoisotopic (exact) mass is 259 g/mol. The zero-order valence-electron chi connectivity index (χ0n) is 11.1. The fourth-order valence-electron chi connectivity index (χ4n) is 2.00. The molecule has 1 aromatic carbocycles. The molecule has 1 aromatic heterocycles. The Labute approximate surface area is 111 Å². The lowest BCUT2D eigenvalue weighted by molar-refractivity contribution is 0.0949. The molecular formula is C14H17N3O2. The predicted molar refractivity (Wildman–Crippen MR) is 71.5 cm³/mol. The number of hydrogen-bond acceptors (Lipinski definition) is 4. The van der Waals surface area contributed by atoms with Crippen molar-refractivity contribution in [1.29, 1.82) is 0 Å². The summed E-state index contributed by atoms with van der Waals surface area (Å²) in [6.45, 7) is 4.37. The molecule has 1 heterocycles. The van der Waals surface area contributed by atoms with Crippen molar-refractivity contribution in [3.05, 3.63) is 52.4 Å². The predicted octanol–water partition coefficient (Wildman–Crippen LogP) is 1.68. The van der Waals surface area contributed by atoms with Gasteiger partial charge in [0, 0.05) is 13.1 Å². The van der Waals surface area contributed by atoms with E-state index in [0.29, 0.717) is 30.1 Å². The van der Waals surface area contributed by atoms with Crippen molar-refractivity contribution in [3.63, 3.8) is 0 Å². The Morgan fingerprint density at radius 1 is 1.32 bits per heavy atom. The van der Waals surface area contributed by atoms with E-state index in [1.165, 1.54) is 0 Å². The molecule has 0 spiro atoms. The zero-order chi connectivity index (χ0) is 13.8. The van der Waals surface area contributed by atoms with Crippen molar-refractivity contribution in [3.8, 4) is 0 Å². The summed E-state index contributed by atoms with van der Waals surface area (Å²) in [4.78, 5) is 12.1. The largest absolute Gasteiger partial charge is 0.361 e. The number of carbonyl (C=O) groups is 1. The summed E-state index contributed by atoms with van der Waals surface area (Å²) in [6.07, 6.45) is 0. The molecule has 5 heteroatoms. The van der Waals surface area contributed by atoms with Crippen LogP contribution < -0.4 is 11.1 Å². The lowest BCUT2D eigenvalue weighted by Gasteiger charge is -2.09. The molecule has 0 aliphatic heterocycles. The molecule has 19 heavy (non-hydrogen) atoms. The third kappa shape index (κ3) is 2.82. The van der Waals surface area contributed by atoms with Crippen LogP contribution in [0.4, 0.5) is 0 Å². The summed E-state index contributed by atoms with van der Waals surface area (Å²) in [5.41, 5.74) is 8.81. The molecule has 0 saturated carbocycles. The van der Waals surface area contributed by atoms with Gasteiger partial charge in [-0.05, 0) is 25.0 Å². The minimum absolute atomic E-state index is 0.178. The van der Waals surface area contributed by atoms with Gasteiger partial charge >= 0.3 is 0 Å². The molecule has 0 aliphatic carbocycles. The number of hydrogen-bond donors (Lipinski definition) is 2. The van der Waals surface area contributed by atoms with Crippen molar-refractivity contribution in [2.75, 3.05) is 0 Å². The zero-order valence-corrected chi connectivity index (χ0v) is 11.1. The smallest absolute Gasteiger partial charge is 0.257 e. The minimum atomic E-state index is -0.178. The van der Waals surface area contributed by atoms with Gasteiger partial charge in [0.15, 0.2) is 0 Å². The Morgan fingerprint density at radius 2 is 2.00 bits per heavy atom. The minimum Gasteiger partial charge on any atom is -0.361 e. The van der Waals surface area contributed by atoms with Gasteiger partial charge in [0.2, 0.25) is 0 Å². The van der Waals surface area contributed by atoms with Crippen LogP contribution >= 0.6 is 0 Å².